The molecule has 1 aliphatic carbocycles. The van der Waals surface area contributed by atoms with E-state index in [1.54, 1.807) is 0 Å². The van der Waals surface area contributed by atoms with Crippen molar-refractivity contribution in [2.75, 3.05) is 26.2 Å². The zero-order valence-corrected chi connectivity index (χ0v) is 14.4. The Morgan fingerprint density at radius 2 is 1.95 bits per heavy atom. The van der Waals surface area contributed by atoms with Gasteiger partial charge in [0.15, 0.2) is 0 Å². The monoisotopic (exact) mass is 310 g/mol. The van der Waals surface area contributed by atoms with E-state index < -0.39 is 0 Å². The number of hydrogen-bond acceptors (Lipinski definition) is 3. The second-order valence-corrected chi connectivity index (χ2v) is 7.95. The number of carbonyl (C=O) groups excluding carboxylic acids is 1. The van der Waals surface area contributed by atoms with Crippen molar-refractivity contribution in [3.05, 3.63) is 0 Å². The molecule has 1 unspecified atom stereocenters. The van der Waals surface area contributed by atoms with Gasteiger partial charge < -0.3 is 10.4 Å². The van der Waals surface area contributed by atoms with E-state index in [1.807, 2.05) is 0 Å². The Bertz CT molecular complexity index is 347. The first kappa shape index (κ1) is 17.7. The molecule has 1 saturated carbocycles. The number of aliphatic hydroxyl groups is 1. The van der Waals surface area contributed by atoms with Gasteiger partial charge in [-0.3, -0.25) is 9.69 Å². The minimum Gasteiger partial charge on any atom is -0.395 e. The second kappa shape index (κ2) is 8.30. The fourth-order valence-corrected chi connectivity index (χ4v) is 3.85. The maximum absolute atomic E-state index is 12.2. The van der Waals surface area contributed by atoms with Crippen LogP contribution >= 0.6 is 0 Å². The highest BCUT2D eigenvalue weighted by molar-refractivity contribution is 5.78. The summed E-state index contributed by atoms with van der Waals surface area (Å²) in [4.78, 5) is 14.6. The Balaban J connectivity index is 1.54. The zero-order chi connectivity index (χ0) is 16.0. The predicted octanol–water partition coefficient (Wildman–Crippen LogP) is 2.56. The molecule has 128 valence electrons. The Morgan fingerprint density at radius 1 is 1.23 bits per heavy atom. The molecule has 1 atom stereocenters. The Morgan fingerprint density at radius 3 is 2.64 bits per heavy atom. The smallest absolute Gasteiger partial charge is 0.223 e. The molecular weight excluding hydrogens is 276 g/mol. The fraction of sp³-hybridized carbons (Fsp3) is 0.944. The summed E-state index contributed by atoms with van der Waals surface area (Å²) in [5, 5.41) is 12.4. The van der Waals surface area contributed by atoms with Crippen molar-refractivity contribution in [1.82, 2.24) is 10.2 Å². The summed E-state index contributed by atoms with van der Waals surface area (Å²) in [5.41, 5.74) is 0.426. The number of likely N-dealkylation sites (tertiary alicyclic amines) is 1. The third kappa shape index (κ3) is 5.24. The Hall–Kier alpha value is -0.610. The van der Waals surface area contributed by atoms with Crippen LogP contribution in [0, 0.1) is 11.3 Å². The third-order valence-corrected chi connectivity index (χ3v) is 5.59. The molecule has 2 rings (SSSR count). The van der Waals surface area contributed by atoms with Gasteiger partial charge in [0.2, 0.25) is 5.91 Å². The van der Waals surface area contributed by atoms with E-state index >= 15 is 0 Å². The molecule has 1 heterocycles. The van der Waals surface area contributed by atoms with Gasteiger partial charge in [0.25, 0.3) is 0 Å². The highest BCUT2D eigenvalue weighted by atomic mass is 16.3. The lowest BCUT2D eigenvalue weighted by Crippen LogP contribution is -2.36. The molecular formula is C18H34N2O2. The van der Waals surface area contributed by atoms with E-state index in [1.165, 1.54) is 19.3 Å². The second-order valence-electron chi connectivity index (χ2n) is 7.95. The zero-order valence-electron chi connectivity index (χ0n) is 14.4. The van der Waals surface area contributed by atoms with E-state index in [2.05, 4.69) is 24.1 Å². The minimum absolute atomic E-state index is 0.241. The normalized spacial score (nSPS) is 26.2. The van der Waals surface area contributed by atoms with Gasteiger partial charge in [0.05, 0.1) is 6.61 Å². The summed E-state index contributed by atoms with van der Waals surface area (Å²) >= 11 is 0. The van der Waals surface area contributed by atoms with Crippen molar-refractivity contribution in [3.8, 4) is 0 Å². The third-order valence-electron chi connectivity index (χ3n) is 5.59. The van der Waals surface area contributed by atoms with Gasteiger partial charge in [-0.25, -0.2) is 0 Å². The molecule has 1 saturated heterocycles. The number of nitrogens with one attached hydrogen (secondary N) is 1. The van der Waals surface area contributed by atoms with Crippen LogP contribution in [0.2, 0.25) is 0 Å². The van der Waals surface area contributed by atoms with E-state index in [0.29, 0.717) is 11.5 Å². The highest BCUT2D eigenvalue weighted by Crippen LogP contribution is 2.37. The molecule has 2 aliphatic rings. The summed E-state index contributed by atoms with van der Waals surface area (Å²) in [7, 11) is 0. The molecule has 0 aromatic rings. The van der Waals surface area contributed by atoms with Gasteiger partial charge in [-0.1, -0.05) is 13.8 Å². The number of unbranched alkanes of at least 4 members (excludes halogenated alkanes) is 1. The van der Waals surface area contributed by atoms with Crippen LogP contribution in [-0.4, -0.2) is 48.2 Å². The lowest BCUT2D eigenvalue weighted by molar-refractivity contribution is -0.126. The SMILES string of the molecule is CC1(C)CCC(C(=O)NCCCCN2CCCC2CO)CC1. The van der Waals surface area contributed by atoms with E-state index in [-0.39, 0.29) is 18.4 Å². The van der Waals surface area contributed by atoms with Crippen molar-refractivity contribution >= 4 is 5.91 Å². The van der Waals surface area contributed by atoms with Crippen LogP contribution in [0.1, 0.15) is 65.2 Å². The summed E-state index contributed by atoms with van der Waals surface area (Å²) in [6.07, 6.45) is 8.92. The van der Waals surface area contributed by atoms with E-state index in [0.717, 1.165) is 51.7 Å². The van der Waals surface area contributed by atoms with Gasteiger partial charge in [0, 0.05) is 18.5 Å². The number of aliphatic hydroxyl groups excluding tert-OH is 1. The largest absolute Gasteiger partial charge is 0.395 e. The van der Waals surface area contributed by atoms with Crippen molar-refractivity contribution in [2.45, 2.75) is 71.3 Å². The summed E-state index contributed by atoms with van der Waals surface area (Å²) in [6.45, 7) is 7.87. The molecule has 2 fully saturated rings. The Labute approximate surface area is 135 Å². The number of nitrogens with zero attached hydrogens (tertiary/aromatic N) is 1. The van der Waals surface area contributed by atoms with Gasteiger partial charge in [-0.2, -0.15) is 0 Å². The van der Waals surface area contributed by atoms with Crippen molar-refractivity contribution in [2.24, 2.45) is 11.3 Å². The van der Waals surface area contributed by atoms with Crippen LogP contribution in [0.5, 0.6) is 0 Å². The molecule has 0 aromatic carbocycles. The minimum atomic E-state index is 0.241. The number of carbonyl (C=O) groups is 1. The van der Waals surface area contributed by atoms with E-state index in [4.69, 9.17) is 0 Å². The van der Waals surface area contributed by atoms with Gasteiger partial charge in [-0.05, 0) is 69.9 Å². The lowest BCUT2D eigenvalue weighted by Gasteiger charge is -2.33. The van der Waals surface area contributed by atoms with Crippen LogP contribution in [0.3, 0.4) is 0 Å². The quantitative estimate of drug-likeness (QED) is 0.711. The van der Waals surface area contributed by atoms with Gasteiger partial charge in [0.1, 0.15) is 0 Å². The standard InChI is InChI=1S/C18H34N2O2/c1-18(2)9-7-15(8-10-18)17(22)19-11-3-4-12-20-13-5-6-16(20)14-21/h15-16,21H,3-14H2,1-2H3,(H,19,22). The first-order chi connectivity index (χ1) is 10.5. The molecule has 0 radical (unpaired) electrons. The fourth-order valence-electron chi connectivity index (χ4n) is 3.85. The van der Waals surface area contributed by atoms with Crippen LogP contribution in [-0.2, 0) is 4.79 Å². The molecule has 0 aromatic heterocycles. The molecule has 22 heavy (non-hydrogen) atoms. The number of amides is 1. The van der Waals surface area contributed by atoms with Gasteiger partial charge >= 0.3 is 0 Å². The van der Waals surface area contributed by atoms with Crippen LogP contribution in [0.4, 0.5) is 0 Å². The molecule has 0 spiro atoms. The number of hydrogen-bond donors (Lipinski definition) is 2. The summed E-state index contributed by atoms with van der Waals surface area (Å²) in [5.74, 6) is 0.510. The highest BCUT2D eigenvalue weighted by Gasteiger charge is 2.30. The maximum Gasteiger partial charge on any atom is 0.223 e. The van der Waals surface area contributed by atoms with Gasteiger partial charge in [-0.15, -0.1) is 0 Å². The molecule has 0 bridgehead atoms. The van der Waals surface area contributed by atoms with Crippen LogP contribution in [0.15, 0.2) is 0 Å². The maximum atomic E-state index is 12.2. The van der Waals surface area contributed by atoms with Crippen LogP contribution in [0.25, 0.3) is 0 Å². The summed E-state index contributed by atoms with van der Waals surface area (Å²) in [6, 6.07) is 0.375. The average Bonchev–Trinajstić information content (AvgIpc) is 2.94. The molecule has 4 nitrogen and oxygen atoms in total. The first-order valence-electron chi connectivity index (χ1n) is 9.14. The molecule has 2 N–H and O–H groups in total. The molecule has 1 aliphatic heterocycles. The molecule has 1 amide bonds. The Kier molecular flexibility index (Phi) is 6.69. The average molecular weight is 310 g/mol. The summed E-state index contributed by atoms with van der Waals surface area (Å²) < 4.78 is 0. The topological polar surface area (TPSA) is 52.6 Å². The number of rotatable bonds is 7. The molecule has 4 heteroatoms. The van der Waals surface area contributed by atoms with Crippen molar-refractivity contribution in [1.29, 1.82) is 0 Å². The lowest BCUT2D eigenvalue weighted by atomic mass is 9.73. The first-order valence-corrected chi connectivity index (χ1v) is 9.14. The van der Waals surface area contributed by atoms with Crippen molar-refractivity contribution in [3.63, 3.8) is 0 Å². The predicted molar refractivity (Wildman–Crippen MR) is 89.7 cm³/mol. The van der Waals surface area contributed by atoms with Crippen LogP contribution < -0.4 is 5.32 Å². The van der Waals surface area contributed by atoms with Crippen molar-refractivity contribution < 1.29 is 9.90 Å². The van der Waals surface area contributed by atoms with E-state index in [9.17, 15) is 9.90 Å².